The van der Waals surface area contributed by atoms with Gasteiger partial charge in [0, 0.05) is 29.3 Å². The van der Waals surface area contributed by atoms with Crippen molar-refractivity contribution in [1.29, 1.82) is 0 Å². The number of hydrogen-bond donors (Lipinski definition) is 1. The van der Waals surface area contributed by atoms with Gasteiger partial charge in [-0.1, -0.05) is 22.0 Å². The first-order chi connectivity index (χ1) is 9.10. The fourth-order valence-electron chi connectivity index (χ4n) is 2.10. The zero-order valence-corrected chi connectivity index (χ0v) is 12.6. The van der Waals surface area contributed by atoms with Gasteiger partial charge >= 0.3 is 5.97 Å². The lowest BCUT2D eigenvalue weighted by molar-refractivity contribution is -0.131. The molecule has 0 aromatic heterocycles. The number of anilines is 1. The Labute approximate surface area is 122 Å². The van der Waals surface area contributed by atoms with Crippen LogP contribution in [0.25, 0.3) is 6.08 Å². The molecular weight excluding hydrogens is 306 g/mol. The first-order valence-corrected chi connectivity index (χ1v) is 7.35. The van der Waals surface area contributed by atoms with Crippen LogP contribution >= 0.6 is 15.9 Å². The second-order valence-corrected chi connectivity index (χ2v) is 5.77. The van der Waals surface area contributed by atoms with Crippen molar-refractivity contribution in [2.75, 3.05) is 18.0 Å². The third-order valence-corrected chi connectivity index (χ3v) is 3.79. The molecule has 1 saturated carbocycles. The number of hydrogen-bond acceptors (Lipinski definition) is 2. The third-order valence-electron chi connectivity index (χ3n) is 3.30. The van der Waals surface area contributed by atoms with Gasteiger partial charge in [-0.3, -0.25) is 0 Å². The van der Waals surface area contributed by atoms with Gasteiger partial charge in [0.05, 0.1) is 0 Å². The van der Waals surface area contributed by atoms with Gasteiger partial charge in [0.15, 0.2) is 0 Å². The molecule has 1 aliphatic rings. The first kappa shape index (κ1) is 14.1. The molecule has 0 spiro atoms. The van der Waals surface area contributed by atoms with E-state index < -0.39 is 5.97 Å². The summed E-state index contributed by atoms with van der Waals surface area (Å²) in [5.41, 5.74) is 2.05. The maximum Gasteiger partial charge on any atom is 0.328 e. The van der Waals surface area contributed by atoms with Crippen molar-refractivity contribution in [1.82, 2.24) is 0 Å². The van der Waals surface area contributed by atoms with Gasteiger partial charge in [0.25, 0.3) is 0 Å². The van der Waals surface area contributed by atoms with Crippen LogP contribution in [0.2, 0.25) is 0 Å². The molecule has 4 heteroatoms. The normalized spacial score (nSPS) is 14.8. The fraction of sp³-hybridized carbons (Fsp3) is 0.400. The predicted octanol–water partition coefficient (Wildman–Crippen LogP) is 3.78. The van der Waals surface area contributed by atoms with Crippen LogP contribution in [0, 0.1) is 5.92 Å². The molecule has 1 fully saturated rings. The molecule has 0 amide bonds. The van der Waals surface area contributed by atoms with Crippen molar-refractivity contribution in [3.8, 4) is 0 Å². The highest BCUT2D eigenvalue weighted by Gasteiger charge is 2.24. The Hall–Kier alpha value is -1.29. The molecule has 1 aliphatic carbocycles. The molecule has 1 N–H and O–H groups in total. The zero-order valence-electron chi connectivity index (χ0n) is 11.0. The highest BCUT2D eigenvalue weighted by Crippen LogP contribution is 2.33. The van der Waals surface area contributed by atoms with Crippen LogP contribution in [0.5, 0.6) is 0 Å². The average Bonchev–Trinajstić information content (AvgIpc) is 3.18. The van der Waals surface area contributed by atoms with E-state index in [1.54, 1.807) is 6.08 Å². The summed E-state index contributed by atoms with van der Waals surface area (Å²) in [5.74, 6) is -0.116. The summed E-state index contributed by atoms with van der Waals surface area (Å²) in [5, 5.41) is 8.76. The van der Waals surface area contributed by atoms with E-state index in [-0.39, 0.29) is 0 Å². The molecule has 102 valence electrons. The highest BCUT2D eigenvalue weighted by atomic mass is 79.9. The van der Waals surface area contributed by atoms with Gasteiger partial charge < -0.3 is 10.0 Å². The molecule has 0 radical (unpaired) electrons. The molecule has 0 unspecified atom stereocenters. The average molecular weight is 324 g/mol. The minimum absolute atomic E-state index is 0.801. The second kappa shape index (κ2) is 6.24. The smallest absolute Gasteiger partial charge is 0.328 e. The molecule has 0 heterocycles. The van der Waals surface area contributed by atoms with Gasteiger partial charge in [-0.25, -0.2) is 4.79 Å². The van der Waals surface area contributed by atoms with Crippen LogP contribution in [0.4, 0.5) is 5.69 Å². The van der Waals surface area contributed by atoms with Crippen molar-refractivity contribution in [3.63, 3.8) is 0 Å². The Bertz CT molecular complexity index is 495. The number of halogens is 1. The number of benzene rings is 1. The standard InChI is InChI=1S/C15H18BrNO2/c1-2-17(10-11-3-4-11)14-9-13(16)7-5-12(14)6-8-15(18)19/h5-9,11H,2-4,10H2,1H3,(H,18,19). The van der Waals surface area contributed by atoms with Gasteiger partial charge in [0.1, 0.15) is 0 Å². The van der Waals surface area contributed by atoms with Crippen molar-refractivity contribution in [2.45, 2.75) is 19.8 Å². The van der Waals surface area contributed by atoms with Crippen LogP contribution < -0.4 is 4.90 Å². The summed E-state index contributed by atoms with van der Waals surface area (Å²) >= 11 is 3.49. The largest absolute Gasteiger partial charge is 0.478 e. The molecule has 1 aromatic rings. The summed E-state index contributed by atoms with van der Waals surface area (Å²) in [6, 6.07) is 5.96. The monoisotopic (exact) mass is 323 g/mol. The highest BCUT2D eigenvalue weighted by molar-refractivity contribution is 9.10. The maximum absolute atomic E-state index is 10.7. The Balaban J connectivity index is 2.28. The number of nitrogens with zero attached hydrogens (tertiary/aromatic N) is 1. The lowest BCUT2D eigenvalue weighted by Crippen LogP contribution is -2.25. The minimum atomic E-state index is -0.917. The van der Waals surface area contributed by atoms with Crippen LogP contribution in [-0.2, 0) is 4.79 Å². The molecular formula is C15H18BrNO2. The maximum atomic E-state index is 10.7. The molecule has 0 saturated heterocycles. The van der Waals surface area contributed by atoms with Crippen molar-refractivity contribution in [3.05, 3.63) is 34.3 Å². The second-order valence-electron chi connectivity index (χ2n) is 4.86. The van der Waals surface area contributed by atoms with E-state index >= 15 is 0 Å². The summed E-state index contributed by atoms with van der Waals surface area (Å²) in [6.45, 7) is 4.12. The van der Waals surface area contributed by atoms with Gasteiger partial charge in [-0.2, -0.15) is 0 Å². The molecule has 0 atom stereocenters. The number of rotatable bonds is 6. The molecule has 0 aliphatic heterocycles. The summed E-state index contributed by atoms with van der Waals surface area (Å²) < 4.78 is 1.02. The molecule has 0 bridgehead atoms. The summed E-state index contributed by atoms with van der Waals surface area (Å²) in [4.78, 5) is 13.0. The lowest BCUT2D eigenvalue weighted by atomic mass is 10.1. The van der Waals surface area contributed by atoms with Crippen LogP contribution in [0.3, 0.4) is 0 Å². The van der Waals surface area contributed by atoms with Gasteiger partial charge in [0.2, 0.25) is 0 Å². The molecule has 1 aromatic carbocycles. The van der Waals surface area contributed by atoms with Crippen molar-refractivity contribution in [2.24, 2.45) is 5.92 Å². The molecule has 19 heavy (non-hydrogen) atoms. The Morgan fingerprint density at radius 3 is 2.84 bits per heavy atom. The predicted molar refractivity (Wildman–Crippen MR) is 81.4 cm³/mol. The lowest BCUT2D eigenvalue weighted by Gasteiger charge is -2.25. The molecule has 3 nitrogen and oxygen atoms in total. The summed E-state index contributed by atoms with van der Waals surface area (Å²) in [6.07, 6.45) is 5.48. The third kappa shape index (κ3) is 4.10. The minimum Gasteiger partial charge on any atom is -0.478 e. The van der Waals surface area contributed by atoms with Crippen LogP contribution in [-0.4, -0.2) is 24.2 Å². The Morgan fingerprint density at radius 1 is 1.53 bits per heavy atom. The number of carboxylic acid groups (broad SMARTS) is 1. The topological polar surface area (TPSA) is 40.5 Å². The number of carboxylic acids is 1. The Morgan fingerprint density at radius 2 is 2.26 bits per heavy atom. The quantitative estimate of drug-likeness (QED) is 0.810. The number of aliphatic carboxylic acids is 1. The molecule has 2 rings (SSSR count). The fourth-order valence-corrected chi connectivity index (χ4v) is 2.45. The van der Waals surface area contributed by atoms with E-state index in [2.05, 4.69) is 33.8 Å². The summed E-state index contributed by atoms with van der Waals surface area (Å²) in [7, 11) is 0. The van der Waals surface area contributed by atoms with E-state index in [1.165, 1.54) is 18.9 Å². The van der Waals surface area contributed by atoms with E-state index in [1.807, 2.05) is 12.1 Å². The van der Waals surface area contributed by atoms with E-state index in [4.69, 9.17) is 5.11 Å². The van der Waals surface area contributed by atoms with E-state index in [0.717, 1.165) is 34.7 Å². The van der Waals surface area contributed by atoms with Crippen LogP contribution in [0.1, 0.15) is 25.3 Å². The van der Waals surface area contributed by atoms with Gasteiger partial charge in [-0.15, -0.1) is 0 Å². The van der Waals surface area contributed by atoms with E-state index in [9.17, 15) is 4.79 Å². The zero-order chi connectivity index (χ0) is 13.8. The van der Waals surface area contributed by atoms with Crippen molar-refractivity contribution >= 4 is 33.7 Å². The van der Waals surface area contributed by atoms with Crippen LogP contribution in [0.15, 0.2) is 28.7 Å². The van der Waals surface area contributed by atoms with E-state index in [0.29, 0.717) is 0 Å². The number of carbonyl (C=O) groups is 1. The SMILES string of the molecule is CCN(CC1CC1)c1cc(Br)ccc1C=CC(=O)O. The Kier molecular flexibility index (Phi) is 4.64. The van der Waals surface area contributed by atoms with Gasteiger partial charge in [-0.05, 0) is 49.5 Å². The first-order valence-electron chi connectivity index (χ1n) is 6.55. The van der Waals surface area contributed by atoms with Crippen molar-refractivity contribution < 1.29 is 9.90 Å².